The number of hydrogen-bond acceptors (Lipinski definition) is 1. The fraction of sp³-hybridized carbons (Fsp3) is 0.115. The SMILES string of the molecule is CC1(C)c2ccccc2-c2ccc(N(c3ccc(-c4ccc5c(c4)C4(c6ccccc6-5)c5ccccc5C(C)(C)c5ccccc54)cc3)c3cccc(-c4ccccc4)c3)cc21. The van der Waals surface area contributed by atoms with Crippen LogP contribution in [0.25, 0.3) is 44.5 Å². The molecular formula is C61H47N. The van der Waals surface area contributed by atoms with E-state index in [4.69, 9.17) is 0 Å². The molecule has 3 aliphatic rings. The normalized spacial score (nSPS) is 15.2. The van der Waals surface area contributed by atoms with Crippen molar-refractivity contribution in [3.63, 3.8) is 0 Å². The number of benzene rings is 9. The second kappa shape index (κ2) is 13.4. The Balaban J connectivity index is 1.01. The van der Waals surface area contributed by atoms with Gasteiger partial charge in [0.25, 0.3) is 0 Å². The summed E-state index contributed by atoms with van der Waals surface area (Å²) >= 11 is 0. The van der Waals surface area contributed by atoms with E-state index in [0.29, 0.717) is 0 Å². The average molecular weight is 794 g/mol. The van der Waals surface area contributed by atoms with Crippen LogP contribution in [0.1, 0.15) is 72.2 Å². The van der Waals surface area contributed by atoms with Crippen molar-refractivity contribution in [3.05, 3.63) is 257 Å². The summed E-state index contributed by atoms with van der Waals surface area (Å²) in [6, 6.07) is 79.6. The van der Waals surface area contributed by atoms with E-state index >= 15 is 0 Å². The molecule has 12 rings (SSSR count). The Labute approximate surface area is 365 Å². The molecule has 0 bridgehead atoms. The molecular weight excluding hydrogens is 747 g/mol. The molecule has 62 heavy (non-hydrogen) atoms. The van der Waals surface area contributed by atoms with Gasteiger partial charge in [-0.2, -0.15) is 0 Å². The van der Waals surface area contributed by atoms with Crippen molar-refractivity contribution in [2.24, 2.45) is 0 Å². The molecule has 1 nitrogen and oxygen atoms in total. The summed E-state index contributed by atoms with van der Waals surface area (Å²) in [5, 5.41) is 0. The minimum Gasteiger partial charge on any atom is -0.310 e. The van der Waals surface area contributed by atoms with E-state index in [9.17, 15) is 0 Å². The van der Waals surface area contributed by atoms with Crippen LogP contribution in [0.3, 0.4) is 0 Å². The van der Waals surface area contributed by atoms with E-state index in [2.05, 4.69) is 245 Å². The van der Waals surface area contributed by atoms with E-state index in [1.54, 1.807) is 0 Å². The molecule has 0 fully saturated rings. The zero-order valence-corrected chi connectivity index (χ0v) is 35.7. The van der Waals surface area contributed by atoms with Crippen LogP contribution in [0.5, 0.6) is 0 Å². The quantitative estimate of drug-likeness (QED) is 0.168. The standard InChI is InChI=1S/C61H47N/c1-59(2)51-23-10-8-21-47(51)49-36-34-46(39-57(49)59)62(45-20-16-19-42(37-45)40-17-6-5-7-18-40)44-32-29-41(30-33-44)43-31-35-50-48-22-9-11-24-52(48)61(58(50)38-43)55-27-14-12-25-53(55)60(3,4)54-26-13-15-28-56(54)61/h5-39H,1-4H3. The molecule has 1 spiro atoms. The Hall–Kier alpha value is -7.22. The first-order valence-corrected chi connectivity index (χ1v) is 22.0. The third-order valence-electron chi connectivity index (χ3n) is 14.5. The summed E-state index contributed by atoms with van der Waals surface area (Å²) in [5.41, 5.74) is 23.9. The Morgan fingerprint density at radius 3 is 1.39 bits per heavy atom. The molecule has 1 heteroatoms. The Bertz CT molecular complexity index is 3190. The molecule has 0 saturated heterocycles. The number of anilines is 3. The van der Waals surface area contributed by atoms with Crippen LogP contribution < -0.4 is 4.90 Å². The second-order valence-electron chi connectivity index (χ2n) is 18.5. The van der Waals surface area contributed by atoms with Gasteiger partial charge in [-0.1, -0.05) is 198 Å². The number of fused-ring (bicyclic) bond motifs is 12. The van der Waals surface area contributed by atoms with Crippen LogP contribution in [0.4, 0.5) is 17.1 Å². The molecule has 0 heterocycles. The molecule has 296 valence electrons. The van der Waals surface area contributed by atoms with Crippen LogP contribution >= 0.6 is 0 Å². The van der Waals surface area contributed by atoms with Gasteiger partial charge in [0.2, 0.25) is 0 Å². The predicted molar refractivity (Wildman–Crippen MR) is 259 cm³/mol. The molecule has 0 atom stereocenters. The van der Waals surface area contributed by atoms with Crippen molar-refractivity contribution >= 4 is 17.1 Å². The Morgan fingerprint density at radius 2 is 0.694 bits per heavy atom. The summed E-state index contributed by atoms with van der Waals surface area (Å²) in [7, 11) is 0. The molecule has 0 aliphatic heterocycles. The first kappa shape index (κ1) is 36.6. The lowest BCUT2D eigenvalue weighted by molar-refractivity contribution is 0.563. The van der Waals surface area contributed by atoms with E-state index in [1.807, 2.05) is 0 Å². The monoisotopic (exact) mass is 793 g/mol. The summed E-state index contributed by atoms with van der Waals surface area (Å²) in [4.78, 5) is 2.43. The smallest absolute Gasteiger partial charge is 0.0719 e. The van der Waals surface area contributed by atoms with Crippen LogP contribution in [-0.4, -0.2) is 0 Å². The molecule has 9 aromatic carbocycles. The highest BCUT2D eigenvalue weighted by atomic mass is 15.1. The zero-order chi connectivity index (χ0) is 41.8. The molecule has 0 radical (unpaired) electrons. The fourth-order valence-electron chi connectivity index (χ4n) is 11.6. The van der Waals surface area contributed by atoms with Gasteiger partial charge in [-0.25, -0.2) is 0 Å². The molecule has 0 N–H and O–H groups in total. The van der Waals surface area contributed by atoms with Crippen LogP contribution in [0, 0.1) is 0 Å². The number of nitrogens with zero attached hydrogens (tertiary/aromatic N) is 1. The second-order valence-corrected chi connectivity index (χ2v) is 18.5. The van der Waals surface area contributed by atoms with Crippen molar-refractivity contribution in [3.8, 4) is 44.5 Å². The van der Waals surface area contributed by atoms with E-state index in [0.717, 1.165) is 17.1 Å². The van der Waals surface area contributed by atoms with E-state index in [-0.39, 0.29) is 10.8 Å². The molecule has 0 aromatic heterocycles. The third-order valence-corrected chi connectivity index (χ3v) is 14.5. The average Bonchev–Trinajstić information content (AvgIpc) is 3.74. The lowest BCUT2D eigenvalue weighted by Crippen LogP contribution is -2.40. The summed E-state index contributed by atoms with van der Waals surface area (Å²) in [5.74, 6) is 0. The fourth-order valence-corrected chi connectivity index (χ4v) is 11.6. The molecule has 3 aliphatic carbocycles. The minimum atomic E-state index is -0.424. The van der Waals surface area contributed by atoms with Gasteiger partial charge in [0.05, 0.1) is 5.41 Å². The third kappa shape index (κ3) is 5.09. The number of hydrogen-bond donors (Lipinski definition) is 0. The lowest BCUT2D eigenvalue weighted by atomic mass is 9.55. The van der Waals surface area contributed by atoms with Gasteiger partial charge in [-0.3, -0.25) is 0 Å². The van der Waals surface area contributed by atoms with Crippen molar-refractivity contribution in [2.75, 3.05) is 4.90 Å². The Morgan fingerprint density at radius 1 is 0.258 bits per heavy atom. The largest absolute Gasteiger partial charge is 0.310 e. The van der Waals surface area contributed by atoms with Gasteiger partial charge in [0.1, 0.15) is 0 Å². The maximum Gasteiger partial charge on any atom is 0.0719 e. The minimum absolute atomic E-state index is 0.108. The van der Waals surface area contributed by atoms with Gasteiger partial charge in [0, 0.05) is 27.9 Å². The molecule has 0 saturated carbocycles. The summed E-state index contributed by atoms with van der Waals surface area (Å²) in [6.45, 7) is 9.50. The van der Waals surface area contributed by atoms with Crippen molar-refractivity contribution in [1.29, 1.82) is 0 Å². The van der Waals surface area contributed by atoms with Gasteiger partial charge in [0.15, 0.2) is 0 Å². The zero-order valence-electron chi connectivity index (χ0n) is 35.7. The highest BCUT2D eigenvalue weighted by molar-refractivity contribution is 5.91. The molecule has 9 aromatic rings. The lowest BCUT2D eigenvalue weighted by Gasteiger charge is -2.46. The summed E-state index contributed by atoms with van der Waals surface area (Å²) < 4.78 is 0. The van der Waals surface area contributed by atoms with Gasteiger partial charge >= 0.3 is 0 Å². The highest BCUT2D eigenvalue weighted by Crippen LogP contribution is 2.62. The van der Waals surface area contributed by atoms with Crippen LogP contribution in [0.2, 0.25) is 0 Å². The van der Waals surface area contributed by atoms with E-state index in [1.165, 1.54) is 89.0 Å². The molecule has 0 amide bonds. The van der Waals surface area contributed by atoms with Gasteiger partial charge < -0.3 is 4.90 Å². The van der Waals surface area contributed by atoms with Crippen molar-refractivity contribution in [2.45, 2.75) is 43.9 Å². The van der Waals surface area contributed by atoms with E-state index < -0.39 is 5.41 Å². The highest BCUT2D eigenvalue weighted by Gasteiger charge is 2.53. The first-order chi connectivity index (χ1) is 30.3. The summed E-state index contributed by atoms with van der Waals surface area (Å²) in [6.07, 6.45) is 0. The topological polar surface area (TPSA) is 3.24 Å². The predicted octanol–water partition coefficient (Wildman–Crippen LogP) is 15.8. The van der Waals surface area contributed by atoms with Gasteiger partial charge in [-0.15, -0.1) is 0 Å². The van der Waals surface area contributed by atoms with Crippen molar-refractivity contribution < 1.29 is 0 Å². The molecule has 0 unspecified atom stereocenters. The van der Waals surface area contributed by atoms with Gasteiger partial charge in [-0.05, 0) is 131 Å². The maximum atomic E-state index is 2.50. The first-order valence-electron chi connectivity index (χ1n) is 22.0. The van der Waals surface area contributed by atoms with Crippen LogP contribution in [-0.2, 0) is 16.2 Å². The number of rotatable bonds is 5. The van der Waals surface area contributed by atoms with Crippen LogP contribution in [0.15, 0.2) is 212 Å². The van der Waals surface area contributed by atoms with Crippen molar-refractivity contribution in [1.82, 2.24) is 0 Å². The maximum absolute atomic E-state index is 2.50. The Kier molecular flexibility index (Phi) is 7.91.